The third-order valence-corrected chi connectivity index (χ3v) is 3.59. The van der Waals surface area contributed by atoms with Crippen molar-refractivity contribution in [3.8, 4) is 5.75 Å². The Balaban J connectivity index is 2.01. The minimum Gasteiger partial charge on any atom is -0.491 e. The third kappa shape index (κ3) is 4.22. The summed E-state index contributed by atoms with van der Waals surface area (Å²) in [5.41, 5.74) is 1.25. The molecule has 1 fully saturated rings. The van der Waals surface area contributed by atoms with Crippen LogP contribution in [0.25, 0.3) is 0 Å². The fourth-order valence-corrected chi connectivity index (χ4v) is 2.69. The normalized spacial score (nSPS) is 20.7. The zero-order valence-corrected chi connectivity index (χ0v) is 12.0. The van der Waals surface area contributed by atoms with Gasteiger partial charge in [0.1, 0.15) is 5.75 Å². The van der Waals surface area contributed by atoms with E-state index in [-0.39, 0.29) is 6.10 Å². The van der Waals surface area contributed by atoms with Crippen molar-refractivity contribution in [1.82, 2.24) is 4.90 Å². The predicted octanol–water partition coefficient (Wildman–Crippen LogP) is 2.68. The maximum atomic E-state index is 9.30. The predicted molar refractivity (Wildman–Crippen MR) is 77.3 cm³/mol. The van der Waals surface area contributed by atoms with Crippen molar-refractivity contribution in [2.24, 2.45) is 5.92 Å². The number of para-hydroxylation sites is 1. The first-order valence-corrected chi connectivity index (χ1v) is 7.27. The van der Waals surface area contributed by atoms with Crippen LogP contribution in [0.15, 0.2) is 24.3 Å². The lowest BCUT2D eigenvalue weighted by molar-refractivity contribution is 0.114. The smallest absolute Gasteiger partial charge is 0.124 e. The van der Waals surface area contributed by atoms with Gasteiger partial charge in [-0.3, -0.25) is 4.90 Å². The van der Waals surface area contributed by atoms with Gasteiger partial charge in [0.05, 0.1) is 6.10 Å². The van der Waals surface area contributed by atoms with Crippen molar-refractivity contribution < 1.29 is 9.84 Å². The Morgan fingerprint density at radius 2 is 2.16 bits per heavy atom. The van der Waals surface area contributed by atoms with Crippen LogP contribution in [0.3, 0.4) is 0 Å². The lowest BCUT2D eigenvalue weighted by atomic mass is 9.98. The third-order valence-electron chi connectivity index (χ3n) is 3.59. The Morgan fingerprint density at radius 3 is 2.89 bits per heavy atom. The minimum atomic E-state index is 0.202. The second-order valence-electron chi connectivity index (χ2n) is 5.70. The number of nitrogens with zero attached hydrogens (tertiary/aromatic N) is 1. The van der Waals surface area contributed by atoms with Crippen LogP contribution >= 0.6 is 0 Å². The van der Waals surface area contributed by atoms with Crippen LogP contribution in [0.4, 0.5) is 0 Å². The Kier molecular flexibility index (Phi) is 5.23. The number of ether oxygens (including phenoxy) is 1. The van der Waals surface area contributed by atoms with Crippen molar-refractivity contribution in [2.75, 3.05) is 19.7 Å². The number of hydrogen-bond donors (Lipinski definition) is 1. The van der Waals surface area contributed by atoms with Gasteiger partial charge in [-0.1, -0.05) is 18.2 Å². The van der Waals surface area contributed by atoms with E-state index in [4.69, 9.17) is 4.74 Å². The zero-order chi connectivity index (χ0) is 13.7. The van der Waals surface area contributed by atoms with E-state index in [0.29, 0.717) is 12.5 Å². The van der Waals surface area contributed by atoms with Gasteiger partial charge >= 0.3 is 0 Å². The Hall–Kier alpha value is -1.06. The van der Waals surface area contributed by atoms with Crippen molar-refractivity contribution in [3.63, 3.8) is 0 Å². The number of piperidine rings is 1. The van der Waals surface area contributed by atoms with Crippen LogP contribution in [0.2, 0.25) is 0 Å². The molecule has 0 amide bonds. The monoisotopic (exact) mass is 263 g/mol. The van der Waals surface area contributed by atoms with Crippen molar-refractivity contribution in [2.45, 2.75) is 39.3 Å². The summed E-state index contributed by atoms with van der Waals surface area (Å²) in [6, 6.07) is 8.27. The van der Waals surface area contributed by atoms with Crippen molar-refractivity contribution in [1.29, 1.82) is 0 Å². The first-order chi connectivity index (χ1) is 9.19. The molecule has 106 valence electrons. The number of benzene rings is 1. The SMILES string of the molecule is CC(C)Oc1ccccc1CN1CCCC(CO)C1. The second-order valence-corrected chi connectivity index (χ2v) is 5.70. The van der Waals surface area contributed by atoms with Gasteiger partial charge in [-0.25, -0.2) is 0 Å². The van der Waals surface area contributed by atoms with Gasteiger partial charge in [0, 0.05) is 25.3 Å². The Labute approximate surface area is 116 Å². The molecule has 0 aliphatic carbocycles. The van der Waals surface area contributed by atoms with Crippen molar-refractivity contribution in [3.05, 3.63) is 29.8 Å². The van der Waals surface area contributed by atoms with E-state index in [9.17, 15) is 5.11 Å². The molecule has 1 N–H and O–H groups in total. The highest BCUT2D eigenvalue weighted by atomic mass is 16.5. The lowest BCUT2D eigenvalue weighted by Crippen LogP contribution is -2.36. The molecule has 0 saturated carbocycles. The van der Waals surface area contributed by atoms with Crippen LogP contribution in [0.1, 0.15) is 32.3 Å². The summed E-state index contributed by atoms with van der Waals surface area (Å²) in [5, 5.41) is 9.30. The molecule has 1 saturated heterocycles. The van der Waals surface area contributed by atoms with E-state index in [2.05, 4.69) is 30.9 Å². The summed E-state index contributed by atoms with van der Waals surface area (Å²) >= 11 is 0. The summed E-state index contributed by atoms with van der Waals surface area (Å²) in [5.74, 6) is 1.43. The van der Waals surface area contributed by atoms with Gasteiger partial charge in [0.15, 0.2) is 0 Å². The fourth-order valence-electron chi connectivity index (χ4n) is 2.69. The molecule has 0 radical (unpaired) electrons. The number of likely N-dealkylation sites (tertiary alicyclic amines) is 1. The molecule has 1 unspecified atom stereocenters. The molecule has 1 aromatic carbocycles. The molecule has 1 aromatic rings. The largest absolute Gasteiger partial charge is 0.491 e. The summed E-state index contributed by atoms with van der Waals surface area (Å²) in [6.07, 6.45) is 2.53. The standard InChI is InChI=1S/C16H25NO2/c1-13(2)19-16-8-4-3-7-15(16)11-17-9-5-6-14(10-17)12-18/h3-4,7-8,13-14,18H,5-6,9-12H2,1-2H3. The van der Waals surface area contributed by atoms with E-state index >= 15 is 0 Å². The van der Waals surface area contributed by atoms with Crippen LogP contribution in [-0.4, -0.2) is 35.8 Å². The van der Waals surface area contributed by atoms with Crippen LogP contribution < -0.4 is 4.74 Å². The van der Waals surface area contributed by atoms with Crippen LogP contribution in [0, 0.1) is 5.92 Å². The van der Waals surface area contributed by atoms with E-state index in [1.54, 1.807) is 0 Å². The summed E-state index contributed by atoms with van der Waals surface area (Å²) in [7, 11) is 0. The first-order valence-electron chi connectivity index (χ1n) is 7.27. The number of rotatable bonds is 5. The molecule has 0 aromatic heterocycles. The Morgan fingerprint density at radius 1 is 1.37 bits per heavy atom. The molecule has 0 spiro atoms. The topological polar surface area (TPSA) is 32.7 Å². The molecule has 3 heteroatoms. The van der Waals surface area contributed by atoms with Crippen LogP contribution in [0.5, 0.6) is 5.75 Å². The average molecular weight is 263 g/mol. The number of aliphatic hydroxyl groups excluding tert-OH is 1. The maximum Gasteiger partial charge on any atom is 0.124 e. The van der Waals surface area contributed by atoms with Gasteiger partial charge < -0.3 is 9.84 Å². The highest BCUT2D eigenvalue weighted by Crippen LogP contribution is 2.24. The molecule has 19 heavy (non-hydrogen) atoms. The summed E-state index contributed by atoms with van der Waals surface area (Å²) in [4.78, 5) is 2.42. The molecular formula is C16H25NO2. The fraction of sp³-hybridized carbons (Fsp3) is 0.625. The molecule has 2 rings (SSSR count). The second kappa shape index (κ2) is 6.92. The molecule has 0 bridgehead atoms. The highest BCUT2D eigenvalue weighted by Gasteiger charge is 2.20. The molecule has 1 atom stereocenters. The van der Waals surface area contributed by atoms with E-state index < -0.39 is 0 Å². The number of hydrogen-bond acceptors (Lipinski definition) is 3. The first kappa shape index (κ1) is 14.4. The Bertz CT molecular complexity index is 392. The maximum absolute atomic E-state index is 9.30. The van der Waals surface area contributed by atoms with Crippen molar-refractivity contribution >= 4 is 0 Å². The number of aliphatic hydroxyl groups is 1. The highest BCUT2D eigenvalue weighted by molar-refractivity contribution is 5.33. The van der Waals surface area contributed by atoms with Gasteiger partial charge in [0.25, 0.3) is 0 Å². The average Bonchev–Trinajstić information content (AvgIpc) is 2.41. The van der Waals surface area contributed by atoms with E-state index in [1.165, 1.54) is 12.0 Å². The van der Waals surface area contributed by atoms with Gasteiger partial charge in [-0.05, 0) is 45.2 Å². The molecule has 3 nitrogen and oxygen atoms in total. The quantitative estimate of drug-likeness (QED) is 0.886. The van der Waals surface area contributed by atoms with E-state index in [1.807, 2.05) is 12.1 Å². The zero-order valence-electron chi connectivity index (χ0n) is 12.0. The lowest BCUT2D eigenvalue weighted by Gasteiger charge is -2.32. The van der Waals surface area contributed by atoms with Gasteiger partial charge in [-0.15, -0.1) is 0 Å². The van der Waals surface area contributed by atoms with E-state index in [0.717, 1.165) is 31.8 Å². The van der Waals surface area contributed by atoms with Gasteiger partial charge in [-0.2, -0.15) is 0 Å². The molecular weight excluding hydrogens is 238 g/mol. The molecule has 1 heterocycles. The van der Waals surface area contributed by atoms with Crippen LogP contribution in [-0.2, 0) is 6.54 Å². The molecule has 1 aliphatic heterocycles. The minimum absolute atomic E-state index is 0.202. The van der Waals surface area contributed by atoms with Gasteiger partial charge in [0.2, 0.25) is 0 Å². The summed E-state index contributed by atoms with van der Waals surface area (Å²) < 4.78 is 5.86. The summed E-state index contributed by atoms with van der Waals surface area (Å²) in [6.45, 7) is 7.44. The molecule has 1 aliphatic rings.